The van der Waals surface area contributed by atoms with Crippen LogP contribution >= 0.6 is 12.2 Å². The van der Waals surface area contributed by atoms with Gasteiger partial charge in [-0.1, -0.05) is 78.9 Å². The van der Waals surface area contributed by atoms with Gasteiger partial charge in [-0.2, -0.15) is 5.10 Å². The monoisotopic (exact) mass is 471 g/mol. The molecule has 3 N–H and O–H groups in total. The Labute approximate surface area is 203 Å². The maximum atomic E-state index is 13.1. The molecule has 1 aromatic heterocycles. The summed E-state index contributed by atoms with van der Waals surface area (Å²) in [7, 11) is 1.81. The first kappa shape index (κ1) is 23.2. The molecule has 0 radical (unpaired) electrons. The summed E-state index contributed by atoms with van der Waals surface area (Å²) in [6, 6.07) is 28.0. The second-order valence-electron chi connectivity index (χ2n) is 7.68. The van der Waals surface area contributed by atoms with E-state index in [9.17, 15) is 9.90 Å². The molecule has 0 saturated heterocycles. The second kappa shape index (κ2) is 10.3. The molecule has 4 rings (SSSR count). The van der Waals surface area contributed by atoms with E-state index in [0.29, 0.717) is 17.0 Å². The standard InChI is InChI=1S/C26H25N5O2S/c1-18-22(25(33)31(30(18)2)21-16-10-5-11-17-21)27-26(34)29-28-23(19-12-6-3-7-13-19)24(32)20-14-8-4-9-15-20/h3-17,24,32H,1-2H3,(H2,27,29,34). The smallest absolute Gasteiger partial charge is 0.295 e. The van der Waals surface area contributed by atoms with Crippen LogP contribution in [0.2, 0.25) is 0 Å². The summed E-state index contributed by atoms with van der Waals surface area (Å²) >= 11 is 5.43. The molecule has 0 fully saturated rings. The van der Waals surface area contributed by atoms with Crippen molar-refractivity contribution in [2.24, 2.45) is 12.1 Å². The number of aliphatic hydroxyl groups excluding tert-OH is 1. The Morgan fingerprint density at radius 2 is 1.50 bits per heavy atom. The van der Waals surface area contributed by atoms with Crippen LogP contribution in [0.5, 0.6) is 0 Å². The number of aromatic nitrogens is 2. The molecule has 1 unspecified atom stereocenters. The Bertz CT molecular complexity index is 1360. The van der Waals surface area contributed by atoms with Crippen molar-refractivity contribution in [3.05, 3.63) is 118 Å². The first-order valence-corrected chi connectivity index (χ1v) is 11.1. The lowest BCUT2D eigenvalue weighted by molar-refractivity contribution is 0.247. The molecular formula is C26H25N5O2S. The number of nitrogens with one attached hydrogen (secondary N) is 2. The van der Waals surface area contributed by atoms with Gasteiger partial charge in [-0.3, -0.25) is 14.9 Å². The number of benzene rings is 3. The zero-order valence-corrected chi connectivity index (χ0v) is 19.7. The summed E-state index contributed by atoms with van der Waals surface area (Å²) in [5.74, 6) is 0. The zero-order valence-electron chi connectivity index (χ0n) is 18.8. The van der Waals surface area contributed by atoms with Gasteiger partial charge in [0.05, 0.1) is 11.4 Å². The zero-order chi connectivity index (χ0) is 24.1. The highest BCUT2D eigenvalue weighted by Crippen LogP contribution is 2.19. The second-order valence-corrected chi connectivity index (χ2v) is 8.09. The maximum Gasteiger partial charge on any atom is 0.295 e. The van der Waals surface area contributed by atoms with Gasteiger partial charge in [0.1, 0.15) is 17.5 Å². The predicted octanol–water partition coefficient (Wildman–Crippen LogP) is 3.91. The van der Waals surface area contributed by atoms with Crippen molar-refractivity contribution in [1.82, 2.24) is 14.8 Å². The van der Waals surface area contributed by atoms with Crippen molar-refractivity contribution in [2.45, 2.75) is 13.0 Å². The highest BCUT2D eigenvalue weighted by molar-refractivity contribution is 7.80. The van der Waals surface area contributed by atoms with Crippen LogP contribution in [0.15, 0.2) is 101 Å². The lowest BCUT2D eigenvalue weighted by atomic mass is 9.99. The van der Waals surface area contributed by atoms with Gasteiger partial charge in [-0.15, -0.1) is 0 Å². The van der Waals surface area contributed by atoms with Crippen molar-refractivity contribution >= 4 is 28.7 Å². The van der Waals surface area contributed by atoms with Crippen LogP contribution in [-0.4, -0.2) is 25.3 Å². The number of hydrogen-bond donors (Lipinski definition) is 3. The van der Waals surface area contributed by atoms with E-state index in [4.69, 9.17) is 12.2 Å². The maximum absolute atomic E-state index is 13.1. The normalized spacial score (nSPS) is 12.3. The van der Waals surface area contributed by atoms with Crippen molar-refractivity contribution in [3.63, 3.8) is 0 Å². The van der Waals surface area contributed by atoms with E-state index in [-0.39, 0.29) is 10.7 Å². The van der Waals surface area contributed by atoms with Crippen molar-refractivity contribution in [3.8, 4) is 5.69 Å². The van der Waals surface area contributed by atoms with Gasteiger partial charge in [-0.25, -0.2) is 4.68 Å². The van der Waals surface area contributed by atoms with E-state index in [1.807, 2.05) is 105 Å². The molecular weight excluding hydrogens is 446 g/mol. The van der Waals surface area contributed by atoms with Crippen molar-refractivity contribution < 1.29 is 5.11 Å². The topological polar surface area (TPSA) is 83.6 Å². The van der Waals surface area contributed by atoms with Crippen LogP contribution in [0.1, 0.15) is 22.9 Å². The lowest BCUT2D eigenvalue weighted by Gasteiger charge is -2.15. The average Bonchev–Trinajstić information content (AvgIpc) is 3.08. The fourth-order valence-corrected chi connectivity index (χ4v) is 3.80. The Morgan fingerprint density at radius 1 is 0.941 bits per heavy atom. The minimum atomic E-state index is -0.965. The molecule has 0 amide bonds. The van der Waals surface area contributed by atoms with Crippen molar-refractivity contribution in [2.75, 3.05) is 5.32 Å². The molecule has 3 aromatic carbocycles. The largest absolute Gasteiger partial charge is 0.382 e. The van der Waals surface area contributed by atoms with Crippen molar-refractivity contribution in [1.29, 1.82) is 0 Å². The Morgan fingerprint density at radius 3 is 2.12 bits per heavy atom. The minimum absolute atomic E-state index is 0.139. The van der Waals surface area contributed by atoms with Gasteiger partial charge in [-0.05, 0) is 36.8 Å². The SMILES string of the molecule is Cc1c(NC(=S)NN=C(c2ccccc2)C(O)c2ccccc2)c(=O)n(-c2ccccc2)n1C. The summed E-state index contributed by atoms with van der Waals surface area (Å²) in [5.41, 5.74) is 6.24. The van der Waals surface area contributed by atoms with E-state index >= 15 is 0 Å². The summed E-state index contributed by atoms with van der Waals surface area (Å²) in [5, 5.41) is 18.5. The number of aliphatic hydroxyl groups is 1. The van der Waals surface area contributed by atoms with Gasteiger partial charge in [0.2, 0.25) is 0 Å². The molecule has 1 atom stereocenters. The van der Waals surface area contributed by atoms with Gasteiger partial charge >= 0.3 is 0 Å². The van der Waals surface area contributed by atoms with Crippen LogP contribution < -0.4 is 16.3 Å². The summed E-state index contributed by atoms with van der Waals surface area (Å²) < 4.78 is 3.33. The molecule has 34 heavy (non-hydrogen) atoms. The van der Waals surface area contributed by atoms with Gasteiger partial charge < -0.3 is 10.4 Å². The number of hydrogen-bond acceptors (Lipinski definition) is 4. The Hall–Kier alpha value is -4.01. The first-order valence-electron chi connectivity index (χ1n) is 10.7. The molecule has 0 aliphatic carbocycles. The molecule has 4 aromatic rings. The molecule has 0 bridgehead atoms. The number of thiocarbonyl (C=S) groups is 1. The molecule has 0 aliphatic rings. The lowest BCUT2D eigenvalue weighted by Crippen LogP contribution is -2.29. The number of anilines is 1. The number of hydrazone groups is 1. The summed E-state index contributed by atoms with van der Waals surface area (Å²) in [6.45, 7) is 1.84. The molecule has 172 valence electrons. The van der Waals surface area contributed by atoms with Crippen LogP contribution in [0, 0.1) is 6.92 Å². The van der Waals surface area contributed by atoms with E-state index in [1.165, 1.54) is 0 Å². The van der Waals surface area contributed by atoms with Crippen LogP contribution in [0.25, 0.3) is 5.69 Å². The Balaban J connectivity index is 1.60. The molecule has 1 heterocycles. The van der Waals surface area contributed by atoms with Gasteiger partial charge in [0, 0.05) is 12.6 Å². The molecule has 0 spiro atoms. The van der Waals surface area contributed by atoms with E-state index in [2.05, 4.69) is 15.8 Å². The molecule has 0 saturated carbocycles. The summed E-state index contributed by atoms with van der Waals surface area (Å²) in [4.78, 5) is 13.1. The predicted molar refractivity (Wildman–Crippen MR) is 139 cm³/mol. The fourth-order valence-electron chi connectivity index (χ4n) is 3.65. The highest BCUT2D eigenvalue weighted by atomic mass is 32.1. The third-order valence-electron chi connectivity index (χ3n) is 5.51. The Kier molecular flexibility index (Phi) is 7.01. The third kappa shape index (κ3) is 4.83. The van der Waals surface area contributed by atoms with Gasteiger partial charge in [0.25, 0.3) is 5.56 Å². The molecule has 8 heteroatoms. The summed E-state index contributed by atoms with van der Waals surface area (Å²) in [6.07, 6.45) is -0.965. The fraction of sp³-hybridized carbons (Fsp3) is 0.115. The average molecular weight is 472 g/mol. The van der Waals surface area contributed by atoms with Crippen LogP contribution in [0.3, 0.4) is 0 Å². The van der Waals surface area contributed by atoms with Crippen LogP contribution in [-0.2, 0) is 7.05 Å². The number of para-hydroxylation sites is 1. The number of nitrogens with zero attached hydrogens (tertiary/aromatic N) is 3. The van der Waals surface area contributed by atoms with Gasteiger partial charge in [0.15, 0.2) is 5.11 Å². The highest BCUT2D eigenvalue weighted by Gasteiger charge is 2.19. The van der Waals surface area contributed by atoms with E-state index < -0.39 is 6.10 Å². The molecule has 0 aliphatic heterocycles. The first-order chi connectivity index (χ1) is 16.5. The van der Waals surface area contributed by atoms with Crippen LogP contribution in [0.4, 0.5) is 5.69 Å². The van der Waals surface area contributed by atoms with E-state index in [0.717, 1.165) is 16.9 Å². The minimum Gasteiger partial charge on any atom is -0.382 e. The number of rotatable bonds is 6. The van der Waals surface area contributed by atoms with E-state index in [1.54, 1.807) is 9.36 Å². The molecule has 7 nitrogen and oxygen atoms in total. The third-order valence-corrected chi connectivity index (χ3v) is 5.71. The quantitative estimate of drug-likeness (QED) is 0.226.